The van der Waals surface area contributed by atoms with Gasteiger partial charge in [-0.1, -0.05) is 12.1 Å². The lowest BCUT2D eigenvalue weighted by Gasteiger charge is -2.21. The number of thioether (sulfide) groups is 1. The second kappa shape index (κ2) is 6.33. The molecule has 0 saturated heterocycles. The smallest absolute Gasteiger partial charge is 0.139 e. The highest BCUT2D eigenvalue weighted by atomic mass is 32.2. The summed E-state index contributed by atoms with van der Waals surface area (Å²) in [5.41, 5.74) is 6.58. The van der Waals surface area contributed by atoms with Crippen molar-refractivity contribution < 1.29 is 13.2 Å². The van der Waals surface area contributed by atoms with E-state index in [-0.39, 0.29) is 22.0 Å². The molecule has 0 spiro atoms. The Labute approximate surface area is 120 Å². The van der Waals surface area contributed by atoms with Crippen LogP contribution in [0, 0.1) is 17.5 Å². The van der Waals surface area contributed by atoms with Crippen LogP contribution in [0.15, 0.2) is 47.4 Å². The SMILES string of the molecule is CC(N)C(Sc1ccc(F)cc1F)c1cccc(F)c1. The van der Waals surface area contributed by atoms with Gasteiger partial charge in [0, 0.05) is 22.3 Å². The first-order valence-electron chi connectivity index (χ1n) is 6.10. The molecule has 2 N–H and O–H groups in total. The van der Waals surface area contributed by atoms with Crippen LogP contribution in [0.2, 0.25) is 0 Å². The zero-order valence-corrected chi connectivity index (χ0v) is 11.6. The molecule has 106 valence electrons. The van der Waals surface area contributed by atoms with E-state index in [0.29, 0.717) is 5.56 Å². The molecule has 0 fully saturated rings. The Morgan fingerprint density at radius 2 is 1.70 bits per heavy atom. The maximum atomic E-state index is 13.7. The fourth-order valence-electron chi connectivity index (χ4n) is 1.87. The third kappa shape index (κ3) is 3.55. The molecule has 0 aliphatic heterocycles. The van der Waals surface area contributed by atoms with Crippen LogP contribution in [0.3, 0.4) is 0 Å². The van der Waals surface area contributed by atoms with Crippen molar-refractivity contribution in [3.63, 3.8) is 0 Å². The Hall–Kier alpha value is -1.46. The van der Waals surface area contributed by atoms with Crippen molar-refractivity contribution in [3.05, 3.63) is 65.5 Å². The molecule has 0 aliphatic rings. The number of nitrogens with two attached hydrogens (primary N) is 1. The van der Waals surface area contributed by atoms with Crippen molar-refractivity contribution in [1.29, 1.82) is 0 Å². The number of hydrogen-bond acceptors (Lipinski definition) is 2. The summed E-state index contributed by atoms with van der Waals surface area (Å²) in [4.78, 5) is 0.290. The summed E-state index contributed by atoms with van der Waals surface area (Å²) < 4.78 is 39.9. The van der Waals surface area contributed by atoms with Crippen molar-refractivity contribution in [3.8, 4) is 0 Å². The minimum absolute atomic E-state index is 0.290. The Balaban J connectivity index is 2.30. The lowest BCUT2D eigenvalue weighted by molar-refractivity contribution is 0.565. The average Bonchev–Trinajstić information content (AvgIpc) is 2.37. The maximum absolute atomic E-state index is 13.7. The lowest BCUT2D eigenvalue weighted by atomic mass is 10.1. The van der Waals surface area contributed by atoms with Gasteiger partial charge in [-0.25, -0.2) is 13.2 Å². The van der Waals surface area contributed by atoms with Crippen molar-refractivity contribution >= 4 is 11.8 Å². The van der Waals surface area contributed by atoms with Gasteiger partial charge in [0.15, 0.2) is 0 Å². The Morgan fingerprint density at radius 1 is 1.00 bits per heavy atom. The van der Waals surface area contributed by atoms with Crippen LogP contribution in [0.25, 0.3) is 0 Å². The first kappa shape index (κ1) is 14.9. The van der Waals surface area contributed by atoms with E-state index in [1.807, 2.05) is 0 Å². The summed E-state index contributed by atoms with van der Waals surface area (Å²) in [6.07, 6.45) is 0. The minimum Gasteiger partial charge on any atom is -0.327 e. The van der Waals surface area contributed by atoms with E-state index in [1.165, 1.54) is 24.3 Å². The summed E-state index contributed by atoms with van der Waals surface area (Å²) in [6, 6.07) is 9.11. The normalized spacial score (nSPS) is 14.1. The van der Waals surface area contributed by atoms with E-state index in [2.05, 4.69) is 0 Å². The van der Waals surface area contributed by atoms with E-state index in [0.717, 1.165) is 17.8 Å². The highest BCUT2D eigenvalue weighted by molar-refractivity contribution is 7.99. The highest BCUT2D eigenvalue weighted by Gasteiger charge is 2.20. The molecule has 0 radical (unpaired) electrons. The summed E-state index contributed by atoms with van der Waals surface area (Å²) >= 11 is 1.16. The van der Waals surface area contributed by atoms with Crippen LogP contribution >= 0.6 is 11.8 Å². The van der Waals surface area contributed by atoms with Gasteiger partial charge in [0.1, 0.15) is 17.5 Å². The van der Waals surface area contributed by atoms with Crippen molar-refractivity contribution in [1.82, 2.24) is 0 Å². The van der Waals surface area contributed by atoms with Gasteiger partial charge in [-0.15, -0.1) is 11.8 Å². The average molecular weight is 297 g/mol. The van der Waals surface area contributed by atoms with Crippen LogP contribution in [0.4, 0.5) is 13.2 Å². The second-order valence-electron chi connectivity index (χ2n) is 4.53. The summed E-state index contributed by atoms with van der Waals surface area (Å²) in [5, 5.41) is -0.314. The van der Waals surface area contributed by atoms with Crippen LogP contribution in [-0.2, 0) is 0 Å². The highest BCUT2D eigenvalue weighted by Crippen LogP contribution is 2.38. The third-order valence-corrected chi connectivity index (χ3v) is 4.34. The Kier molecular flexibility index (Phi) is 4.73. The van der Waals surface area contributed by atoms with E-state index in [9.17, 15) is 13.2 Å². The molecule has 1 nitrogen and oxygen atoms in total. The fraction of sp³-hybridized carbons (Fsp3) is 0.200. The van der Waals surface area contributed by atoms with Crippen LogP contribution < -0.4 is 5.73 Å². The lowest BCUT2D eigenvalue weighted by Crippen LogP contribution is -2.22. The quantitative estimate of drug-likeness (QED) is 0.852. The molecular weight excluding hydrogens is 283 g/mol. The monoisotopic (exact) mass is 297 g/mol. The molecule has 2 unspecified atom stereocenters. The first-order chi connectivity index (χ1) is 9.47. The zero-order valence-electron chi connectivity index (χ0n) is 10.8. The molecule has 5 heteroatoms. The fourth-order valence-corrected chi connectivity index (χ4v) is 2.96. The van der Waals surface area contributed by atoms with Gasteiger partial charge < -0.3 is 5.73 Å². The van der Waals surface area contributed by atoms with Crippen LogP contribution in [-0.4, -0.2) is 6.04 Å². The van der Waals surface area contributed by atoms with Crippen molar-refractivity contribution in [2.24, 2.45) is 5.73 Å². The zero-order chi connectivity index (χ0) is 14.7. The molecule has 0 saturated carbocycles. The molecule has 0 heterocycles. The topological polar surface area (TPSA) is 26.0 Å². The second-order valence-corrected chi connectivity index (χ2v) is 5.71. The number of halogens is 3. The molecular formula is C15H14F3NS. The maximum Gasteiger partial charge on any atom is 0.139 e. The molecule has 2 aromatic rings. The van der Waals surface area contributed by atoms with Gasteiger partial charge in [0.05, 0.1) is 0 Å². The number of benzene rings is 2. The van der Waals surface area contributed by atoms with Crippen molar-refractivity contribution in [2.45, 2.75) is 23.1 Å². The van der Waals surface area contributed by atoms with Crippen molar-refractivity contribution in [2.75, 3.05) is 0 Å². The van der Waals surface area contributed by atoms with Gasteiger partial charge in [0.25, 0.3) is 0 Å². The molecule has 2 rings (SSSR count). The molecule has 0 bridgehead atoms. The van der Waals surface area contributed by atoms with Crippen LogP contribution in [0.5, 0.6) is 0 Å². The predicted molar refractivity (Wildman–Crippen MR) is 75.0 cm³/mol. The Bertz CT molecular complexity index is 601. The summed E-state index contributed by atoms with van der Waals surface area (Å²) in [6.45, 7) is 1.77. The van der Waals surface area contributed by atoms with Gasteiger partial charge in [0.2, 0.25) is 0 Å². The van der Waals surface area contributed by atoms with Gasteiger partial charge >= 0.3 is 0 Å². The first-order valence-corrected chi connectivity index (χ1v) is 6.98. The van der Waals surface area contributed by atoms with E-state index in [4.69, 9.17) is 5.73 Å². The molecule has 2 aromatic carbocycles. The van der Waals surface area contributed by atoms with E-state index >= 15 is 0 Å². The number of rotatable bonds is 4. The summed E-state index contributed by atoms with van der Waals surface area (Å²) in [5.74, 6) is -1.64. The largest absolute Gasteiger partial charge is 0.327 e. The minimum atomic E-state index is -0.642. The van der Waals surface area contributed by atoms with Crippen LogP contribution in [0.1, 0.15) is 17.7 Å². The predicted octanol–water partition coefficient (Wildman–Crippen LogP) is 4.28. The van der Waals surface area contributed by atoms with Gasteiger partial charge in [-0.2, -0.15) is 0 Å². The molecule has 2 atom stereocenters. The van der Waals surface area contributed by atoms with E-state index < -0.39 is 11.6 Å². The standard InChI is InChI=1S/C15H14F3NS/c1-9(19)15(10-3-2-4-11(16)7-10)20-14-6-5-12(17)8-13(14)18/h2-9,15H,19H2,1H3. The van der Waals surface area contributed by atoms with Gasteiger partial charge in [-0.3, -0.25) is 0 Å². The third-order valence-electron chi connectivity index (χ3n) is 2.80. The molecule has 0 amide bonds. The van der Waals surface area contributed by atoms with E-state index in [1.54, 1.807) is 19.1 Å². The number of hydrogen-bond donors (Lipinski definition) is 1. The Morgan fingerprint density at radius 3 is 2.30 bits per heavy atom. The van der Waals surface area contributed by atoms with Gasteiger partial charge in [-0.05, 0) is 36.8 Å². The summed E-state index contributed by atoms with van der Waals surface area (Å²) in [7, 11) is 0. The molecule has 0 aliphatic carbocycles. The molecule has 20 heavy (non-hydrogen) atoms. The molecule has 0 aromatic heterocycles.